The lowest BCUT2D eigenvalue weighted by Crippen LogP contribution is -2.48. The van der Waals surface area contributed by atoms with Crippen LogP contribution in [0.15, 0.2) is 60.7 Å². The Hall–Kier alpha value is -5.01. The highest BCUT2D eigenvalue weighted by Crippen LogP contribution is 2.29. The molecule has 0 spiro atoms. The molecule has 1 atom stereocenters. The molecule has 1 saturated heterocycles. The molecule has 3 amide bonds. The number of hydrogen-bond acceptors (Lipinski definition) is 8. The third-order valence-corrected chi connectivity index (χ3v) is 10.8. The molecule has 1 unspecified atom stereocenters. The van der Waals surface area contributed by atoms with Crippen LogP contribution in [0.1, 0.15) is 73.9 Å². The monoisotopic (exact) mass is 723 g/mol. The second-order valence-corrected chi connectivity index (χ2v) is 14.7. The number of nitrogens with two attached hydrogens (primary N) is 1. The summed E-state index contributed by atoms with van der Waals surface area (Å²) < 4.78 is 14.9. The first-order valence-electron chi connectivity index (χ1n) is 18.7. The molecular weight excluding hydrogens is 673 g/mol. The van der Waals surface area contributed by atoms with Crippen molar-refractivity contribution in [1.29, 1.82) is 0 Å². The molecule has 280 valence electrons. The highest BCUT2D eigenvalue weighted by atomic mass is 19.1. The molecule has 6 rings (SSSR count). The summed E-state index contributed by atoms with van der Waals surface area (Å²) in [6.45, 7) is 8.99. The standard InChI is InChI=1S/C40H50FN9O3/c1-24(2)50-18-16-31(17-19-50)43-39(52)30-12-14-33(25(3)20-30)28-8-4-26(5-9-28)21-36(45-38(51)29-10-6-27(23-42)7-11-29)40(53)44-32-13-15-34(35(41)22-32)37-46-48-49-47-37/h4-5,8-9,12-15,20,22,24,27,29,31,36H,6-7,10-11,16-19,21,23,42H2,1-3H3,(H,43,52)(H,44,53)(H,45,51)(H,46,47,48,49)/t27-,29-,36?. The van der Waals surface area contributed by atoms with Crippen LogP contribution in [0.2, 0.25) is 0 Å². The van der Waals surface area contributed by atoms with E-state index in [0.29, 0.717) is 24.1 Å². The highest BCUT2D eigenvalue weighted by molar-refractivity contribution is 5.98. The highest BCUT2D eigenvalue weighted by Gasteiger charge is 2.30. The number of aromatic amines is 1. The number of aryl methyl sites for hydroxylation is 1. The van der Waals surface area contributed by atoms with Crippen molar-refractivity contribution >= 4 is 23.4 Å². The minimum Gasteiger partial charge on any atom is -0.349 e. The summed E-state index contributed by atoms with van der Waals surface area (Å²) in [6, 6.07) is 17.6. The number of nitrogens with one attached hydrogen (secondary N) is 4. The number of carbonyl (C=O) groups excluding carboxylic acids is 3. The van der Waals surface area contributed by atoms with Gasteiger partial charge in [0.2, 0.25) is 17.6 Å². The van der Waals surface area contributed by atoms with Crippen LogP contribution in [0.4, 0.5) is 10.1 Å². The predicted octanol–water partition coefficient (Wildman–Crippen LogP) is 5.01. The van der Waals surface area contributed by atoms with Gasteiger partial charge in [-0.25, -0.2) is 4.39 Å². The Morgan fingerprint density at radius 1 is 0.943 bits per heavy atom. The Morgan fingerprint density at radius 3 is 2.28 bits per heavy atom. The molecule has 13 heteroatoms. The van der Waals surface area contributed by atoms with Gasteiger partial charge >= 0.3 is 0 Å². The van der Waals surface area contributed by atoms with E-state index < -0.39 is 17.8 Å². The zero-order valence-corrected chi connectivity index (χ0v) is 30.7. The van der Waals surface area contributed by atoms with Crippen LogP contribution in [0.5, 0.6) is 0 Å². The molecule has 4 aromatic rings. The molecule has 2 aliphatic rings. The number of carbonyl (C=O) groups is 3. The quantitative estimate of drug-likeness (QED) is 0.136. The molecule has 1 aliphatic carbocycles. The minimum atomic E-state index is -0.905. The predicted molar refractivity (Wildman–Crippen MR) is 202 cm³/mol. The molecule has 0 bridgehead atoms. The van der Waals surface area contributed by atoms with Gasteiger partial charge in [0.1, 0.15) is 11.9 Å². The average Bonchev–Trinajstić information content (AvgIpc) is 3.70. The van der Waals surface area contributed by atoms with Crippen molar-refractivity contribution in [1.82, 2.24) is 36.2 Å². The van der Waals surface area contributed by atoms with Gasteiger partial charge in [0.05, 0.1) is 5.56 Å². The van der Waals surface area contributed by atoms with E-state index in [1.807, 2.05) is 49.4 Å². The molecule has 1 aliphatic heterocycles. The normalized spacial score (nSPS) is 18.8. The molecule has 3 aromatic carbocycles. The Kier molecular flexibility index (Phi) is 12.3. The Morgan fingerprint density at radius 2 is 1.66 bits per heavy atom. The third kappa shape index (κ3) is 9.51. The van der Waals surface area contributed by atoms with Crippen molar-refractivity contribution in [2.45, 2.75) is 83.8 Å². The van der Waals surface area contributed by atoms with Crippen LogP contribution in [0.3, 0.4) is 0 Å². The van der Waals surface area contributed by atoms with Gasteiger partial charge in [-0.1, -0.05) is 30.3 Å². The Bertz CT molecular complexity index is 1870. The number of piperidine rings is 1. The number of nitrogens with zero attached hydrogens (tertiary/aromatic N) is 4. The number of H-pyrrole nitrogens is 1. The fourth-order valence-electron chi connectivity index (χ4n) is 7.45. The number of amides is 3. The van der Waals surface area contributed by atoms with Gasteiger partial charge in [-0.05, 0) is 130 Å². The summed E-state index contributed by atoms with van der Waals surface area (Å²) in [5, 5.41) is 22.4. The number of halogens is 1. The van der Waals surface area contributed by atoms with E-state index in [2.05, 4.69) is 55.3 Å². The third-order valence-electron chi connectivity index (χ3n) is 10.8. The lowest BCUT2D eigenvalue weighted by atomic mass is 9.81. The van der Waals surface area contributed by atoms with E-state index in [1.54, 1.807) is 6.07 Å². The second-order valence-electron chi connectivity index (χ2n) is 14.7. The number of anilines is 1. The van der Waals surface area contributed by atoms with E-state index in [-0.39, 0.29) is 47.3 Å². The van der Waals surface area contributed by atoms with Crippen molar-refractivity contribution in [2.75, 3.05) is 25.0 Å². The van der Waals surface area contributed by atoms with E-state index in [1.165, 1.54) is 12.1 Å². The number of tetrazole rings is 1. The summed E-state index contributed by atoms with van der Waals surface area (Å²) in [6.07, 6.45) is 5.32. The maximum Gasteiger partial charge on any atom is 0.251 e. The van der Waals surface area contributed by atoms with Crippen molar-refractivity contribution in [3.63, 3.8) is 0 Å². The summed E-state index contributed by atoms with van der Waals surface area (Å²) >= 11 is 0. The van der Waals surface area contributed by atoms with Gasteiger partial charge in [0, 0.05) is 48.8 Å². The van der Waals surface area contributed by atoms with Crippen LogP contribution in [-0.4, -0.2) is 81.0 Å². The Balaban J connectivity index is 1.13. The molecular formula is C40H50FN9O3. The van der Waals surface area contributed by atoms with Gasteiger partial charge in [0.15, 0.2) is 0 Å². The van der Waals surface area contributed by atoms with Gasteiger partial charge in [-0.2, -0.15) is 5.21 Å². The van der Waals surface area contributed by atoms with Gasteiger partial charge in [-0.3, -0.25) is 14.4 Å². The summed E-state index contributed by atoms with van der Waals surface area (Å²) in [5.41, 5.74) is 10.7. The van der Waals surface area contributed by atoms with Gasteiger partial charge < -0.3 is 26.6 Å². The average molecular weight is 724 g/mol. The Labute approximate surface area is 309 Å². The number of hydrogen-bond donors (Lipinski definition) is 5. The van der Waals surface area contributed by atoms with Crippen molar-refractivity contribution < 1.29 is 18.8 Å². The van der Waals surface area contributed by atoms with Crippen LogP contribution in [0, 0.1) is 24.6 Å². The molecule has 2 fully saturated rings. The summed E-state index contributed by atoms with van der Waals surface area (Å²) in [7, 11) is 0. The molecule has 6 N–H and O–H groups in total. The lowest BCUT2D eigenvalue weighted by Gasteiger charge is -2.34. The smallest absolute Gasteiger partial charge is 0.251 e. The lowest BCUT2D eigenvalue weighted by molar-refractivity contribution is -0.130. The molecule has 2 heterocycles. The molecule has 53 heavy (non-hydrogen) atoms. The number of aromatic nitrogens is 4. The molecule has 1 saturated carbocycles. The fraction of sp³-hybridized carbons (Fsp3) is 0.450. The van der Waals surface area contributed by atoms with E-state index >= 15 is 0 Å². The SMILES string of the molecule is Cc1cc(C(=O)NC2CCN(C(C)C)CC2)ccc1-c1ccc(CC(NC(=O)[C@H]2CC[C@H](CN)CC2)C(=O)Nc2ccc(-c3nn[nH]n3)c(F)c2)cc1. The zero-order chi connectivity index (χ0) is 37.5. The molecule has 1 aromatic heterocycles. The van der Waals surface area contributed by atoms with Crippen molar-refractivity contribution in [2.24, 2.45) is 17.6 Å². The zero-order valence-electron chi connectivity index (χ0n) is 30.7. The first kappa shape index (κ1) is 37.7. The fourth-order valence-corrected chi connectivity index (χ4v) is 7.45. The first-order valence-corrected chi connectivity index (χ1v) is 18.7. The van der Waals surface area contributed by atoms with E-state index in [0.717, 1.165) is 73.9 Å². The van der Waals surface area contributed by atoms with Gasteiger partial charge in [0.25, 0.3) is 5.91 Å². The van der Waals surface area contributed by atoms with Crippen LogP contribution < -0.4 is 21.7 Å². The van der Waals surface area contributed by atoms with Crippen LogP contribution >= 0.6 is 0 Å². The first-order chi connectivity index (χ1) is 25.6. The maximum absolute atomic E-state index is 14.9. The maximum atomic E-state index is 14.9. The minimum absolute atomic E-state index is 0.0533. The van der Waals surface area contributed by atoms with Crippen molar-refractivity contribution in [3.05, 3.63) is 83.2 Å². The second kappa shape index (κ2) is 17.2. The summed E-state index contributed by atoms with van der Waals surface area (Å²) in [4.78, 5) is 42.7. The number of benzene rings is 3. The number of likely N-dealkylation sites (tertiary alicyclic amines) is 1. The number of rotatable bonds is 12. The van der Waals surface area contributed by atoms with Crippen LogP contribution in [-0.2, 0) is 16.0 Å². The summed E-state index contributed by atoms with van der Waals surface area (Å²) in [5.74, 6) is -0.990. The largest absolute Gasteiger partial charge is 0.349 e. The molecule has 12 nitrogen and oxygen atoms in total. The topological polar surface area (TPSA) is 171 Å². The van der Waals surface area contributed by atoms with Crippen LogP contribution in [0.25, 0.3) is 22.5 Å². The molecule has 0 radical (unpaired) electrons. The van der Waals surface area contributed by atoms with E-state index in [4.69, 9.17) is 5.73 Å². The van der Waals surface area contributed by atoms with E-state index in [9.17, 15) is 18.8 Å². The van der Waals surface area contributed by atoms with Crippen molar-refractivity contribution in [3.8, 4) is 22.5 Å². The van der Waals surface area contributed by atoms with Gasteiger partial charge in [-0.15, -0.1) is 10.2 Å².